The van der Waals surface area contributed by atoms with E-state index >= 15 is 0 Å². The highest BCUT2D eigenvalue weighted by Gasteiger charge is 2.37. The Balaban J connectivity index is 1.22. The molecule has 1 heteroatoms. The van der Waals surface area contributed by atoms with Crippen LogP contribution in [-0.2, 0) is 5.41 Å². The topological polar surface area (TPSA) is 3.24 Å². The molecule has 0 aromatic heterocycles. The quantitative estimate of drug-likeness (QED) is 0.150. The highest BCUT2D eigenvalue weighted by atomic mass is 15.1. The van der Waals surface area contributed by atoms with Gasteiger partial charge in [-0.05, 0) is 110 Å². The zero-order valence-corrected chi connectivity index (χ0v) is 33.5. The second-order valence-corrected chi connectivity index (χ2v) is 16.7. The fourth-order valence-corrected chi connectivity index (χ4v) is 9.95. The van der Waals surface area contributed by atoms with Crippen molar-refractivity contribution in [3.63, 3.8) is 0 Å². The molecule has 1 saturated carbocycles. The average molecular weight is 748 g/mol. The zero-order valence-electron chi connectivity index (χ0n) is 33.5. The number of para-hydroxylation sites is 1. The number of hydrogen-bond acceptors (Lipinski definition) is 1. The van der Waals surface area contributed by atoms with Crippen LogP contribution in [0.1, 0.15) is 68.6 Å². The lowest BCUT2D eigenvalue weighted by Crippen LogP contribution is -2.17. The normalized spacial score (nSPS) is 14.4. The maximum absolute atomic E-state index is 2.56. The lowest BCUT2D eigenvalue weighted by Gasteiger charge is -2.32. The molecule has 0 amide bonds. The van der Waals surface area contributed by atoms with Gasteiger partial charge in [-0.2, -0.15) is 0 Å². The van der Waals surface area contributed by atoms with Crippen LogP contribution in [0.5, 0.6) is 0 Å². The Hall–Kier alpha value is -6.44. The Kier molecular flexibility index (Phi) is 9.38. The first-order valence-electron chi connectivity index (χ1n) is 21.1. The van der Waals surface area contributed by atoms with Crippen molar-refractivity contribution < 1.29 is 0 Å². The van der Waals surface area contributed by atoms with E-state index in [-0.39, 0.29) is 5.41 Å². The van der Waals surface area contributed by atoms with E-state index in [1.165, 1.54) is 116 Å². The minimum absolute atomic E-state index is 0.153. The second-order valence-electron chi connectivity index (χ2n) is 16.7. The predicted molar refractivity (Wildman–Crippen MR) is 246 cm³/mol. The van der Waals surface area contributed by atoms with Gasteiger partial charge in [0.1, 0.15) is 0 Å². The van der Waals surface area contributed by atoms with Gasteiger partial charge in [-0.25, -0.2) is 0 Å². The fourth-order valence-electron chi connectivity index (χ4n) is 9.95. The van der Waals surface area contributed by atoms with E-state index in [0.717, 1.165) is 5.69 Å². The summed E-state index contributed by atoms with van der Waals surface area (Å²) in [5.74, 6) is 0.638. The molecule has 1 fully saturated rings. The minimum Gasteiger partial charge on any atom is -0.309 e. The summed E-state index contributed by atoms with van der Waals surface area (Å²) in [6, 6.07) is 72.2. The van der Waals surface area contributed by atoms with Gasteiger partial charge in [-0.15, -0.1) is 0 Å². The Morgan fingerprint density at radius 2 is 0.879 bits per heavy atom. The Labute approximate surface area is 344 Å². The Bertz CT molecular complexity index is 2720. The van der Waals surface area contributed by atoms with Crippen molar-refractivity contribution in [2.24, 2.45) is 0 Å². The summed E-state index contributed by atoms with van der Waals surface area (Å²) in [5, 5.41) is 0. The van der Waals surface area contributed by atoms with Crippen molar-refractivity contribution in [1.82, 2.24) is 0 Å². The van der Waals surface area contributed by atoms with Crippen molar-refractivity contribution in [3.8, 4) is 55.6 Å². The van der Waals surface area contributed by atoms with Gasteiger partial charge in [0.15, 0.2) is 0 Å². The summed E-state index contributed by atoms with van der Waals surface area (Å²) in [7, 11) is 0. The smallest absolute Gasteiger partial charge is 0.0543 e. The SMILES string of the molecule is CC1(C)c2ccccc2-c2cc(-c3ccccc3)c(N(c3ccc(C4CCCCC4)cc3)c3ccccc3-c3ccccc3-c3ccccc3-c3ccccc3)cc21. The number of nitrogens with zero attached hydrogens (tertiary/aromatic N) is 1. The second kappa shape index (κ2) is 15.1. The number of benzene rings is 8. The van der Waals surface area contributed by atoms with Crippen molar-refractivity contribution >= 4 is 17.1 Å². The Morgan fingerprint density at radius 3 is 1.53 bits per heavy atom. The van der Waals surface area contributed by atoms with Crippen LogP contribution in [0.25, 0.3) is 55.6 Å². The van der Waals surface area contributed by atoms with Crippen LogP contribution in [0.2, 0.25) is 0 Å². The molecule has 0 bridgehead atoms. The first-order chi connectivity index (χ1) is 28.6. The van der Waals surface area contributed by atoms with Gasteiger partial charge in [0.2, 0.25) is 0 Å². The molecule has 10 rings (SSSR count). The van der Waals surface area contributed by atoms with E-state index in [1.807, 2.05) is 0 Å². The molecule has 0 heterocycles. The van der Waals surface area contributed by atoms with Crippen molar-refractivity contribution in [2.75, 3.05) is 4.90 Å². The fraction of sp³-hybridized carbons (Fsp3) is 0.158. The Morgan fingerprint density at radius 1 is 0.379 bits per heavy atom. The molecule has 0 N–H and O–H groups in total. The van der Waals surface area contributed by atoms with Crippen LogP contribution in [0, 0.1) is 0 Å². The van der Waals surface area contributed by atoms with Gasteiger partial charge in [-0.1, -0.05) is 197 Å². The average Bonchev–Trinajstić information content (AvgIpc) is 3.52. The minimum atomic E-state index is -0.153. The van der Waals surface area contributed by atoms with Crippen LogP contribution < -0.4 is 4.90 Å². The van der Waals surface area contributed by atoms with Crippen LogP contribution in [0.4, 0.5) is 17.1 Å². The summed E-state index contributed by atoms with van der Waals surface area (Å²) < 4.78 is 0. The zero-order chi connectivity index (χ0) is 39.1. The molecule has 0 saturated heterocycles. The summed E-state index contributed by atoms with van der Waals surface area (Å²) in [6.07, 6.45) is 6.58. The molecule has 0 spiro atoms. The molecule has 2 aliphatic rings. The molecule has 0 aliphatic heterocycles. The molecule has 0 unspecified atom stereocenters. The summed E-state index contributed by atoms with van der Waals surface area (Å²) in [5.41, 5.74) is 20.0. The maximum Gasteiger partial charge on any atom is 0.0543 e. The summed E-state index contributed by atoms with van der Waals surface area (Å²) >= 11 is 0. The number of hydrogen-bond donors (Lipinski definition) is 0. The van der Waals surface area contributed by atoms with Crippen LogP contribution in [0.3, 0.4) is 0 Å². The van der Waals surface area contributed by atoms with E-state index in [1.54, 1.807) is 0 Å². The molecule has 8 aromatic rings. The van der Waals surface area contributed by atoms with Crippen molar-refractivity contribution in [2.45, 2.75) is 57.3 Å². The molecule has 8 aromatic carbocycles. The number of rotatable bonds is 8. The lowest BCUT2D eigenvalue weighted by molar-refractivity contribution is 0.443. The van der Waals surface area contributed by atoms with Crippen molar-refractivity contribution in [3.05, 3.63) is 211 Å². The predicted octanol–water partition coefficient (Wildman–Crippen LogP) is 16.2. The number of fused-ring (bicyclic) bond motifs is 3. The number of anilines is 3. The molecule has 1 nitrogen and oxygen atoms in total. The molecule has 0 atom stereocenters. The molecular formula is C57H49N. The molecular weight excluding hydrogens is 699 g/mol. The van der Waals surface area contributed by atoms with E-state index in [2.05, 4.69) is 213 Å². The van der Waals surface area contributed by atoms with Gasteiger partial charge >= 0.3 is 0 Å². The first kappa shape index (κ1) is 35.9. The van der Waals surface area contributed by atoms with E-state index in [9.17, 15) is 0 Å². The maximum atomic E-state index is 2.56. The van der Waals surface area contributed by atoms with Crippen molar-refractivity contribution in [1.29, 1.82) is 0 Å². The third kappa shape index (κ3) is 6.36. The van der Waals surface area contributed by atoms with Gasteiger partial charge in [-0.3, -0.25) is 0 Å². The molecule has 2 aliphatic carbocycles. The van der Waals surface area contributed by atoms with Crippen LogP contribution in [-0.4, -0.2) is 0 Å². The standard InChI is InChI=1S/C57H49N/c1-57(2)53-32-18-16-30-49(53)52-38-51(43-24-10-5-11-25-43)56(39-54(52)57)58(44-36-34-41(35-37-44)40-20-6-3-7-21-40)55-33-19-17-31-50(55)48-29-15-14-28-47(48)46-27-13-12-26-45(46)42-22-8-4-9-23-42/h4-5,8-19,22-40H,3,6-7,20-21H2,1-2H3. The van der Waals surface area contributed by atoms with Gasteiger partial charge in [0.05, 0.1) is 11.4 Å². The lowest BCUT2D eigenvalue weighted by atomic mass is 9.81. The van der Waals surface area contributed by atoms with Gasteiger partial charge in [0.25, 0.3) is 0 Å². The van der Waals surface area contributed by atoms with Gasteiger partial charge in [0, 0.05) is 22.2 Å². The van der Waals surface area contributed by atoms with E-state index in [4.69, 9.17) is 0 Å². The third-order valence-corrected chi connectivity index (χ3v) is 12.9. The highest BCUT2D eigenvalue weighted by Crippen LogP contribution is 2.54. The molecule has 282 valence electrons. The van der Waals surface area contributed by atoms with Crippen LogP contribution >= 0.6 is 0 Å². The monoisotopic (exact) mass is 747 g/mol. The van der Waals surface area contributed by atoms with E-state index in [0.29, 0.717) is 5.92 Å². The summed E-state index contributed by atoms with van der Waals surface area (Å²) in [6.45, 7) is 4.78. The first-order valence-corrected chi connectivity index (χ1v) is 21.1. The van der Waals surface area contributed by atoms with E-state index < -0.39 is 0 Å². The summed E-state index contributed by atoms with van der Waals surface area (Å²) in [4.78, 5) is 2.56. The third-order valence-electron chi connectivity index (χ3n) is 12.9. The highest BCUT2D eigenvalue weighted by molar-refractivity contribution is 6.00. The van der Waals surface area contributed by atoms with Crippen LogP contribution in [0.15, 0.2) is 194 Å². The molecule has 58 heavy (non-hydrogen) atoms. The largest absolute Gasteiger partial charge is 0.309 e. The molecule has 0 radical (unpaired) electrons. The van der Waals surface area contributed by atoms with Gasteiger partial charge < -0.3 is 4.90 Å².